The van der Waals surface area contributed by atoms with Gasteiger partial charge in [0.15, 0.2) is 0 Å². The monoisotopic (exact) mass is 304 g/mol. The van der Waals surface area contributed by atoms with Crippen molar-refractivity contribution >= 4 is 5.97 Å². The molecule has 0 radical (unpaired) electrons. The summed E-state index contributed by atoms with van der Waals surface area (Å²) in [6.07, 6.45) is 4.67. The van der Waals surface area contributed by atoms with Gasteiger partial charge >= 0.3 is 5.97 Å². The first-order valence-electron chi connectivity index (χ1n) is 7.20. The molecule has 0 saturated carbocycles. The Balaban J connectivity index is 1.79. The highest BCUT2D eigenvalue weighted by Gasteiger charge is 2.25. The van der Waals surface area contributed by atoms with Gasteiger partial charge in [0.1, 0.15) is 5.75 Å². The van der Waals surface area contributed by atoms with E-state index >= 15 is 0 Å². The Hall–Kier alpha value is -2.27. The maximum absolute atomic E-state index is 11.9. The fourth-order valence-electron chi connectivity index (χ4n) is 2.31. The first-order chi connectivity index (χ1) is 10.6. The van der Waals surface area contributed by atoms with E-state index in [-0.39, 0.29) is 30.7 Å². The summed E-state index contributed by atoms with van der Waals surface area (Å²) in [4.78, 5) is 11.9. The van der Waals surface area contributed by atoms with Crippen LogP contribution in [0.25, 0.3) is 0 Å². The molecule has 0 saturated heterocycles. The number of allylic oxidation sites excluding steroid dienone is 2. The van der Waals surface area contributed by atoms with Crippen molar-refractivity contribution in [3.63, 3.8) is 0 Å². The molecular formula is C17H20O5. The van der Waals surface area contributed by atoms with E-state index in [0.29, 0.717) is 12.0 Å². The highest BCUT2D eigenvalue weighted by Crippen LogP contribution is 2.26. The molecule has 0 spiro atoms. The van der Waals surface area contributed by atoms with Crippen LogP contribution in [0.5, 0.6) is 5.75 Å². The van der Waals surface area contributed by atoms with Crippen LogP contribution in [-0.4, -0.2) is 29.1 Å². The summed E-state index contributed by atoms with van der Waals surface area (Å²) in [6.45, 7) is 2.08. The molecule has 2 rings (SSSR count). The van der Waals surface area contributed by atoms with E-state index in [1.165, 1.54) is 6.26 Å². The third-order valence-corrected chi connectivity index (χ3v) is 3.54. The lowest BCUT2D eigenvalue weighted by Crippen LogP contribution is -2.24. The molecule has 1 heterocycles. The molecule has 0 aromatic heterocycles. The van der Waals surface area contributed by atoms with Gasteiger partial charge in [0.05, 0.1) is 19.3 Å². The molecule has 0 amide bonds. The van der Waals surface area contributed by atoms with Gasteiger partial charge in [0, 0.05) is 17.9 Å². The summed E-state index contributed by atoms with van der Waals surface area (Å²) in [7, 11) is 0. The zero-order valence-electron chi connectivity index (χ0n) is 12.4. The number of aromatic hydroxyl groups is 1. The number of aliphatic hydroxyl groups excluding tert-OH is 1. The Morgan fingerprint density at radius 2 is 2.09 bits per heavy atom. The molecule has 2 N–H and O–H groups in total. The van der Waals surface area contributed by atoms with E-state index < -0.39 is 6.29 Å². The van der Waals surface area contributed by atoms with Crippen LogP contribution in [-0.2, 0) is 20.7 Å². The number of rotatable bonds is 5. The zero-order chi connectivity index (χ0) is 15.9. The Labute approximate surface area is 129 Å². The molecule has 0 fully saturated rings. The van der Waals surface area contributed by atoms with Gasteiger partial charge in [-0.15, -0.1) is 0 Å². The molecule has 0 bridgehead atoms. The first-order valence-corrected chi connectivity index (χ1v) is 7.20. The number of aliphatic hydroxyl groups is 1. The van der Waals surface area contributed by atoms with Crippen molar-refractivity contribution in [2.45, 2.75) is 26.1 Å². The van der Waals surface area contributed by atoms with Crippen molar-refractivity contribution in [3.05, 3.63) is 53.8 Å². The summed E-state index contributed by atoms with van der Waals surface area (Å²) in [5.41, 5.74) is 1.65. The van der Waals surface area contributed by atoms with E-state index in [1.54, 1.807) is 43.3 Å². The largest absolute Gasteiger partial charge is 0.508 e. The quantitative estimate of drug-likeness (QED) is 0.645. The van der Waals surface area contributed by atoms with Gasteiger partial charge in [-0.25, -0.2) is 0 Å². The average Bonchev–Trinajstić information content (AvgIpc) is 2.49. The molecule has 2 atom stereocenters. The van der Waals surface area contributed by atoms with Crippen molar-refractivity contribution in [3.8, 4) is 5.75 Å². The highest BCUT2D eigenvalue weighted by molar-refractivity contribution is 5.70. The summed E-state index contributed by atoms with van der Waals surface area (Å²) in [5.74, 6) is -0.304. The van der Waals surface area contributed by atoms with Crippen molar-refractivity contribution < 1.29 is 24.5 Å². The third-order valence-electron chi connectivity index (χ3n) is 3.54. The Morgan fingerprint density at radius 3 is 2.77 bits per heavy atom. The van der Waals surface area contributed by atoms with Crippen molar-refractivity contribution in [2.75, 3.05) is 6.61 Å². The fourth-order valence-corrected chi connectivity index (χ4v) is 2.31. The molecule has 118 valence electrons. The maximum Gasteiger partial charge on any atom is 0.306 e. The normalized spacial score (nSPS) is 22.4. The lowest BCUT2D eigenvalue weighted by atomic mass is 9.93. The number of carbonyl (C=O) groups excluding carboxylic acids is 1. The number of phenolic OH excluding ortho intramolecular Hbond substituents is 1. The van der Waals surface area contributed by atoms with Crippen LogP contribution in [0, 0.1) is 5.92 Å². The van der Waals surface area contributed by atoms with Crippen LogP contribution >= 0.6 is 0 Å². The van der Waals surface area contributed by atoms with Gasteiger partial charge in [0.2, 0.25) is 6.29 Å². The van der Waals surface area contributed by atoms with Gasteiger partial charge in [-0.3, -0.25) is 4.79 Å². The molecule has 1 aromatic carbocycles. The predicted octanol–water partition coefficient (Wildman–Crippen LogP) is 2.29. The zero-order valence-corrected chi connectivity index (χ0v) is 12.4. The minimum atomic E-state index is -0.996. The number of ether oxygens (including phenoxy) is 2. The van der Waals surface area contributed by atoms with Crippen LogP contribution in [0.4, 0.5) is 0 Å². The van der Waals surface area contributed by atoms with Gasteiger partial charge in [0.25, 0.3) is 0 Å². The lowest BCUT2D eigenvalue weighted by molar-refractivity contribution is -0.144. The van der Waals surface area contributed by atoms with Gasteiger partial charge in [-0.1, -0.05) is 18.2 Å². The van der Waals surface area contributed by atoms with Gasteiger partial charge in [-0.2, -0.15) is 0 Å². The predicted molar refractivity (Wildman–Crippen MR) is 80.9 cm³/mol. The second-order valence-electron chi connectivity index (χ2n) is 5.05. The molecule has 1 aliphatic heterocycles. The SMILES string of the molecule is C/C=C1/C(O)OC=C[C@H]1CC(=O)OCCc1ccc(O)cc1. The highest BCUT2D eigenvalue weighted by atomic mass is 16.6. The number of phenols is 1. The molecule has 5 nitrogen and oxygen atoms in total. The maximum atomic E-state index is 11.9. The summed E-state index contributed by atoms with van der Waals surface area (Å²) in [6, 6.07) is 6.78. The van der Waals surface area contributed by atoms with Gasteiger partial charge in [-0.05, 0) is 30.7 Å². The van der Waals surface area contributed by atoms with E-state index in [9.17, 15) is 15.0 Å². The Bertz CT molecular complexity index is 559. The molecule has 5 heteroatoms. The van der Waals surface area contributed by atoms with Gasteiger partial charge < -0.3 is 19.7 Å². The second-order valence-corrected chi connectivity index (χ2v) is 5.05. The number of esters is 1. The lowest BCUT2D eigenvalue weighted by Gasteiger charge is -2.24. The first kappa shape index (κ1) is 16.1. The molecule has 22 heavy (non-hydrogen) atoms. The van der Waals surface area contributed by atoms with Crippen molar-refractivity contribution in [2.24, 2.45) is 5.92 Å². The van der Waals surface area contributed by atoms with Crippen LogP contribution < -0.4 is 0 Å². The smallest absolute Gasteiger partial charge is 0.306 e. The minimum absolute atomic E-state index is 0.173. The molecular weight excluding hydrogens is 284 g/mol. The average molecular weight is 304 g/mol. The van der Waals surface area contributed by atoms with Crippen molar-refractivity contribution in [1.29, 1.82) is 0 Å². The number of benzene rings is 1. The molecule has 0 aliphatic carbocycles. The number of hydrogen-bond acceptors (Lipinski definition) is 5. The third kappa shape index (κ3) is 4.36. The Morgan fingerprint density at radius 1 is 1.36 bits per heavy atom. The number of carbonyl (C=O) groups is 1. The van der Waals surface area contributed by atoms with E-state index in [0.717, 1.165) is 5.56 Å². The number of hydrogen-bond donors (Lipinski definition) is 2. The molecule has 1 unspecified atom stereocenters. The molecule has 1 aromatic rings. The van der Waals surface area contributed by atoms with Crippen LogP contribution in [0.3, 0.4) is 0 Å². The topological polar surface area (TPSA) is 76.0 Å². The van der Waals surface area contributed by atoms with Crippen LogP contribution in [0.15, 0.2) is 48.3 Å². The summed E-state index contributed by atoms with van der Waals surface area (Å²) in [5, 5.41) is 18.9. The van der Waals surface area contributed by atoms with E-state index in [1.807, 2.05) is 0 Å². The minimum Gasteiger partial charge on any atom is -0.508 e. The standard InChI is InChI=1S/C17H20O5/c1-2-15-13(8-10-22-17(15)20)11-16(19)21-9-7-12-3-5-14(18)6-4-12/h2-6,8,10,13,17-18,20H,7,9,11H2,1H3/b15-2+/t13-,17?/m0/s1. The second kappa shape index (κ2) is 7.66. The summed E-state index contributed by atoms with van der Waals surface area (Å²) >= 11 is 0. The van der Waals surface area contributed by atoms with E-state index in [4.69, 9.17) is 9.47 Å². The van der Waals surface area contributed by atoms with Crippen LogP contribution in [0.1, 0.15) is 18.9 Å². The summed E-state index contributed by atoms with van der Waals surface area (Å²) < 4.78 is 10.2. The Kier molecular flexibility index (Phi) is 5.61. The van der Waals surface area contributed by atoms with E-state index in [2.05, 4.69) is 0 Å². The fraction of sp³-hybridized carbons (Fsp3) is 0.353. The van der Waals surface area contributed by atoms with Crippen molar-refractivity contribution in [1.82, 2.24) is 0 Å². The van der Waals surface area contributed by atoms with Crippen LogP contribution in [0.2, 0.25) is 0 Å². The molecule has 1 aliphatic rings.